The molecule has 5 atom stereocenters. The lowest BCUT2D eigenvalue weighted by molar-refractivity contribution is -0.0752. The Morgan fingerprint density at radius 3 is 2.55 bits per heavy atom. The molecule has 9 heteroatoms. The minimum Gasteiger partial charge on any atom is -0.490 e. The van der Waals surface area contributed by atoms with Crippen molar-refractivity contribution in [1.29, 1.82) is 0 Å². The van der Waals surface area contributed by atoms with E-state index in [0.717, 1.165) is 75.0 Å². The maximum absolute atomic E-state index is 9.93. The summed E-state index contributed by atoms with van der Waals surface area (Å²) in [5.74, 6) is 2.61. The van der Waals surface area contributed by atoms with Crippen LogP contribution in [-0.4, -0.2) is 96.0 Å². The number of aliphatic hydroxyl groups excluding tert-OH is 1. The molecule has 2 aromatic rings. The van der Waals surface area contributed by atoms with Crippen LogP contribution in [0.1, 0.15) is 43.7 Å². The topological polar surface area (TPSA) is 81.7 Å². The molecular weight excluding hydrogens is 552 g/mol. The minimum absolute atomic E-state index is 0.0530. The first-order chi connectivity index (χ1) is 20.5. The van der Waals surface area contributed by atoms with E-state index in [2.05, 4.69) is 59.6 Å². The van der Waals surface area contributed by atoms with Crippen molar-refractivity contribution in [2.45, 2.75) is 62.4 Å². The fourth-order valence-electron chi connectivity index (χ4n) is 5.65. The van der Waals surface area contributed by atoms with Gasteiger partial charge in [0.15, 0.2) is 0 Å². The van der Waals surface area contributed by atoms with Crippen LogP contribution in [0.15, 0.2) is 47.4 Å². The Kier molecular flexibility index (Phi) is 13.7. The quantitative estimate of drug-likeness (QED) is 0.197. The number of ether oxygens (including phenoxy) is 5. The van der Waals surface area contributed by atoms with E-state index >= 15 is 0 Å². The van der Waals surface area contributed by atoms with Crippen molar-refractivity contribution >= 4 is 17.4 Å². The van der Waals surface area contributed by atoms with Gasteiger partial charge in [0.25, 0.3) is 0 Å². The molecule has 2 heterocycles. The number of nitrogens with zero attached hydrogens (tertiary/aromatic N) is 1. The Morgan fingerprint density at radius 1 is 1.02 bits per heavy atom. The van der Waals surface area contributed by atoms with E-state index in [1.54, 1.807) is 21.1 Å². The molecular formula is C33H50N2O6S. The molecule has 8 nitrogen and oxygen atoms in total. The molecule has 1 fully saturated rings. The monoisotopic (exact) mass is 602 g/mol. The number of piperidine rings is 1. The van der Waals surface area contributed by atoms with Crippen molar-refractivity contribution in [3.05, 3.63) is 53.6 Å². The first kappa shape index (κ1) is 33.1. The van der Waals surface area contributed by atoms with Crippen LogP contribution >= 0.6 is 11.8 Å². The third-order valence-electron chi connectivity index (χ3n) is 7.86. The smallest absolute Gasteiger partial charge is 0.142 e. The van der Waals surface area contributed by atoms with Gasteiger partial charge in [0.05, 0.1) is 43.8 Å². The summed E-state index contributed by atoms with van der Waals surface area (Å²) in [5, 5.41) is 13.4. The lowest BCUT2D eigenvalue weighted by Gasteiger charge is -2.39. The summed E-state index contributed by atoms with van der Waals surface area (Å²) in [6.07, 6.45) is 1.41. The Bertz CT molecular complexity index is 1060. The number of nitrogens with one attached hydrogen (secondary N) is 1. The normalized spacial score (nSPS) is 21.9. The van der Waals surface area contributed by atoms with E-state index in [1.165, 1.54) is 10.5 Å². The fourth-order valence-corrected chi connectivity index (χ4v) is 6.74. The zero-order chi connectivity index (χ0) is 29.7. The molecule has 4 rings (SSSR count). The molecule has 0 saturated carbocycles. The van der Waals surface area contributed by atoms with Gasteiger partial charge in [-0.25, -0.2) is 0 Å². The standard InChI is InChI=1S/C33H50N2O6S/c1-24(21-38-4)12-17-42-28-9-7-27(8-10-28)33-31(40-22-25(2)36)19-34-20-32(33)41-23-26-6-11-30-29(18-26)35(14-16-39-30)13-5-15-37-3/h6-11,18,24-25,31-34,36H,5,12-17,19-23H2,1-4H3/t24-,25-,31-,32+,33+/m1/s1. The van der Waals surface area contributed by atoms with Gasteiger partial charge in [0.1, 0.15) is 12.4 Å². The zero-order valence-corrected chi connectivity index (χ0v) is 26.6. The van der Waals surface area contributed by atoms with Crippen LogP contribution in [0.3, 0.4) is 0 Å². The summed E-state index contributed by atoms with van der Waals surface area (Å²) in [6.45, 7) is 10.3. The molecule has 42 heavy (non-hydrogen) atoms. The highest BCUT2D eigenvalue weighted by atomic mass is 32.2. The van der Waals surface area contributed by atoms with Gasteiger partial charge in [0.2, 0.25) is 0 Å². The Balaban J connectivity index is 1.44. The maximum atomic E-state index is 9.93. The van der Waals surface area contributed by atoms with Gasteiger partial charge < -0.3 is 39.0 Å². The zero-order valence-electron chi connectivity index (χ0n) is 25.8. The number of methoxy groups -OCH3 is 2. The SMILES string of the molecule is COCCCN1CCOc2ccc(CO[C@H]3CNC[C@@H](OC[C@@H](C)O)[C@@H]3c3ccc(SCC[C@@H](C)COC)cc3)cc21. The second-order valence-electron chi connectivity index (χ2n) is 11.5. The average Bonchev–Trinajstić information content (AvgIpc) is 2.99. The average molecular weight is 603 g/mol. The summed E-state index contributed by atoms with van der Waals surface area (Å²) < 4.78 is 29.3. The van der Waals surface area contributed by atoms with Gasteiger partial charge in [-0.05, 0) is 66.8 Å². The number of rotatable bonds is 17. The van der Waals surface area contributed by atoms with Gasteiger partial charge in [-0.3, -0.25) is 0 Å². The molecule has 0 radical (unpaired) electrons. The lowest BCUT2D eigenvalue weighted by Crippen LogP contribution is -2.51. The second kappa shape index (κ2) is 17.4. The summed E-state index contributed by atoms with van der Waals surface area (Å²) in [4.78, 5) is 3.65. The molecule has 0 bridgehead atoms. The number of anilines is 1. The Morgan fingerprint density at radius 2 is 1.81 bits per heavy atom. The van der Waals surface area contributed by atoms with Gasteiger partial charge in [-0.15, -0.1) is 11.8 Å². The number of thioether (sulfide) groups is 1. The number of benzene rings is 2. The Hall–Kier alpha value is -1.85. The van der Waals surface area contributed by atoms with E-state index in [1.807, 2.05) is 11.8 Å². The van der Waals surface area contributed by atoms with Crippen molar-refractivity contribution in [2.24, 2.45) is 5.92 Å². The van der Waals surface area contributed by atoms with Crippen LogP contribution in [0.5, 0.6) is 5.75 Å². The third-order valence-corrected chi connectivity index (χ3v) is 8.91. The number of aliphatic hydroxyl groups is 1. The van der Waals surface area contributed by atoms with E-state index in [0.29, 0.717) is 25.7 Å². The molecule has 0 aliphatic carbocycles. The van der Waals surface area contributed by atoms with Crippen molar-refractivity contribution in [3.8, 4) is 5.75 Å². The summed E-state index contributed by atoms with van der Waals surface area (Å²) in [5.41, 5.74) is 3.45. The molecule has 2 N–H and O–H groups in total. The van der Waals surface area contributed by atoms with Gasteiger partial charge in [-0.2, -0.15) is 0 Å². The van der Waals surface area contributed by atoms with Gasteiger partial charge >= 0.3 is 0 Å². The van der Waals surface area contributed by atoms with Crippen LogP contribution < -0.4 is 15.0 Å². The fraction of sp³-hybridized carbons (Fsp3) is 0.636. The van der Waals surface area contributed by atoms with Crippen molar-refractivity contribution in [3.63, 3.8) is 0 Å². The number of hydrogen-bond donors (Lipinski definition) is 2. The summed E-state index contributed by atoms with van der Waals surface area (Å²) in [7, 11) is 3.51. The third kappa shape index (κ3) is 9.84. The predicted molar refractivity (Wildman–Crippen MR) is 169 cm³/mol. The molecule has 0 aromatic heterocycles. The highest BCUT2D eigenvalue weighted by Crippen LogP contribution is 2.35. The molecule has 1 saturated heterocycles. The molecule has 0 amide bonds. The largest absolute Gasteiger partial charge is 0.490 e. The van der Waals surface area contributed by atoms with Crippen LogP contribution in [0.25, 0.3) is 0 Å². The van der Waals surface area contributed by atoms with E-state index in [-0.39, 0.29) is 18.1 Å². The number of fused-ring (bicyclic) bond motifs is 1. The second-order valence-corrected chi connectivity index (χ2v) is 12.7. The molecule has 234 valence electrons. The maximum Gasteiger partial charge on any atom is 0.142 e. The molecule has 0 spiro atoms. The van der Waals surface area contributed by atoms with Gasteiger partial charge in [-0.1, -0.05) is 25.1 Å². The highest BCUT2D eigenvalue weighted by Gasteiger charge is 2.36. The first-order valence-electron chi connectivity index (χ1n) is 15.3. The van der Waals surface area contributed by atoms with E-state index in [9.17, 15) is 5.11 Å². The molecule has 0 unspecified atom stereocenters. The van der Waals surface area contributed by atoms with E-state index < -0.39 is 6.10 Å². The van der Waals surface area contributed by atoms with Crippen molar-refractivity contribution in [2.75, 3.05) is 77.5 Å². The Labute approximate surface area is 256 Å². The summed E-state index contributed by atoms with van der Waals surface area (Å²) >= 11 is 1.89. The molecule has 2 aromatic carbocycles. The predicted octanol–water partition coefficient (Wildman–Crippen LogP) is 4.72. The number of hydrogen-bond acceptors (Lipinski definition) is 9. The molecule has 2 aliphatic heterocycles. The van der Waals surface area contributed by atoms with Crippen LogP contribution in [0.2, 0.25) is 0 Å². The van der Waals surface area contributed by atoms with Crippen LogP contribution in [0, 0.1) is 5.92 Å². The first-order valence-corrected chi connectivity index (χ1v) is 16.3. The van der Waals surface area contributed by atoms with E-state index in [4.69, 9.17) is 23.7 Å². The summed E-state index contributed by atoms with van der Waals surface area (Å²) in [6, 6.07) is 15.2. The lowest BCUT2D eigenvalue weighted by atomic mass is 9.85. The van der Waals surface area contributed by atoms with Crippen LogP contribution in [0.4, 0.5) is 5.69 Å². The molecule has 2 aliphatic rings. The van der Waals surface area contributed by atoms with Gasteiger partial charge in [0, 0.05) is 57.9 Å². The van der Waals surface area contributed by atoms with Crippen molar-refractivity contribution in [1.82, 2.24) is 5.32 Å². The van der Waals surface area contributed by atoms with Crippen molar-refractivity contribution < 1.29 is 28.8 Å². The highest BCUT2D eigenvalue weighted by molar-refractivity contribution is 7.99. The minimum atomic E-state index is -0.518. The van der Waals surface area contributed by atoms with Crippen LogP contribution in [-0.2, 0) is 25.6 Å².